The molecule has 0 amide bonds. The lowest BCUT2D eigenvalue weighted by molar-refractivity contribution is 0.201. The van der Waals surface area contributed by atoms with Gasteiger partial charge in [-0.2, -0.15) is 11.8 Å². The van der Waals surface area contributed by atoms with Gasteiger partial charge in [0.2, 0.25) is 0 Å². The van der Waals surface area contributed by atoms with E-state index in [2.05, 4.69) is 25.1 Å². The molecule has 1 heterocycles. The van der Waals surface area contributed by atoms with Gasteiger partial charge in [0.25, 0.3) is 0 Å². The van der Waals surface area contributed by atoms with Gasteiger partial charge >= 0.3 is 0 Å². The molecule has 12 heavy (non-hydrogen) atoms. The highest BCUT2D eigenvalue weighted by Crippen LogP contribution is 2.31. The van der Waals surface area contributed by atoms with Gasteiger partial charge in [-0.25, -0.2) is 0 Å². The molecule has 1 aliphatic heterocycles. The molecule has 0 saturated carbocycles. The maximum atomic E-state index is 9.66. The van der Waals surface area contributed by atoms with Crippen molar-refractivity contribution in [3.8, 4) is 0 Å². The Morgan fingerprint density at radius 2 is 2.33 bits per heavy atom. The Morgan fingerprint density at radius 3 is 3.17 bits per heavy atom. The van der Waals surface area contributed by atoms with Crippen LogP contribution in [0.1, 0.15) is 22.8 Å². The van der Waals surface area contributed by atoms with Crippen LogP contribution in [0.3, 0.4) is 0 Å². The highest BCUT2D eigenvalue weighted by molar-refractivity contribution is 7.98. The van der Waals surface area contributed by atoms with Gasteiger partial charge in [0.1, 0.15) is 0 Å². The van der Waals surface area contributed by atoms with Crippen LogP contribution in [-0.4, -0.2) is 10.9 Å². The molecule has 0 aliphatic carbocycles. The van der Waals surface area contributed by atoms with Gasteiger partial charge in [0, 0.05) is 11.5 Å². The minimum absolute atomic E-state index is 0.251. The van der Waals surface area contributed by atoms with E-state index in [0.717, 1.165) is 17.1 Å². The molecule has 1 atom stereocenters. The summed E-state index contributed by atoms with van der Waals surface area (Å²) in [7, 11) is 0. The van der Waals surface area contributed by atoms with Gasteiger partial charge < -0.3 is 5.11 Å². The lowest BCUT2D eigenvalue weighted by Crippen LogP contribution is -2.09. The van der Waals surface area contributed by atoms with E-state index in [1.165, 1.54) is 11.1 Å². The fourth-order valence-corrected chi connectivity index (χ4v) is 2.53. The van der Waals surface area contributed by atoms with Gasteiger partial charge in [-0.05, 0) is 18.1 Å². The fourth-order valence-electron chi connectivity index (χ4n) is 1.53. The maximum Gasteiger partial charge on any atom is 0.0883 e. The molecule has 0 fully saturated rings. The Labute approximate surface area is 76.8 Å². The van der Waals surface area contributed by atoms with Crippen LogP contribution in [0.15, 0.2) is 18.2 Å². The smallest absolute Gasteiger partial charge is 0.0883 e. The van der Waals surface area contributed by atoms with E-state index in [-0.39, 0.29) is 6.10 Å². The van der Waals surface area contributed by atoms with E-state index in [9.17, 15) is 5.11 Å². The Hall–Kier alpha value is -0.470. The third-order valence-electron chi connectivity index (χ3n) is 2.19. The molecule has 1 N–H and O–H groups in total. The lowest BCUT2D eigenvalue weighted by atomic mass is 10.0. The molecule has 64 valence electrons. The van der Waals surface area contributed by atoms with Crippen molar-refractivity contribution in [2.75, 3.05) is 5.75 Å². The molecule has 0 spiro atoms. The number of aryl methyl sites for hydroxylation is 1. The average molecular weight is 180 g/mol. The third kappa shape index (κ3) is 1.37. The fraction of sp³-hybridized carbons (Fsp3) is 0.400. The monoisotopic (exact) mass is 180 g/mol. The number of hydrogen-bond donors (Lipinski definition) is 1. The summed E-state index contributed by atoms with van der Waals surface area (Å²) in [5.41, 5.74) is 3.66. The molecule has 1 aromatic rings. The van der Waals surface area contributed by atoms with Crippen LogP contribution in [0.5, 0.6) is 0 Å². The molecular formula is C10H12OS. The molecule has 1 aromatic carbocycles. The second kappa shape index (κ2) is 3.11. The first-order valence-electron chi connectivity index (χ1n) is 4.12. The number of thioether (sulfide) groups is 1. The molecule has 0 aromatic heterocycles. The van der Waals surface area contributed by atoms with Crippen LogP contribution < -0.4 is 0 Å². The normalized spacial score (nSPS) is 22.0. The van der Waals surface area contributed by atoms with Gasteiger partial charge in [-0.3, -0.25) is 0 Å². The van der Waals surface area contributed by atoms with E-state index < -0.39 is 0 Å². The van der Waals surface area contributed by atoms with E-state index >= 15 is 0 Å². The highest BCUT2D eigenvalue weighted by Gasteiger charge is 2.17. The van der Waals surface area contributed by atoms with Crippen molar-refractivity contribution in [2.45, 2.75) is 18.8 Å². The summed E-state index contributed by atoms with van der Waals surface area (Å²) in [6, 6.07) is 6.33. The van der Waals surface area contributed by atoms with Crippen LogP contribution >= 0.6 is 11.8 Å². The minimum Gasteiger partial charge on any atom is -0.388 e. The van der Waals surface area contributed by atoms with Crippen molar-refractivity contribution in [1.82, 2.24) is 0 Å². The lowest BCUT2D eigenvalue weighted by Gasteiger charge is -2.21. The molecule has 2 rings (SSSR count). The largest absolute Gasteiger partial charge is 0.388 e. The summed E-state index contributed by atoms with van der Waals surface area (Å²) in [6.45, 7) is 2.06. The van der Waals surface area contributed by atoms with Gasteiger partial charge in [0.15, 0.2) is 0 Å². The Balaban J connectivity index is 2.47. The number of aliphatic hydroxyl groups is 1. The molecule has 0 radical (unpaired) electrons. The predicted molar refractivity (Wildman–Crippen MR) is 52.3 cm³/mol. The summed E-state index contributed by atoms with van der Waals surface area (Å²) in [5, 5.41) is 9.66. The molecule has 1 unspecified atom stereocenters. The standard InChI is InChI=1S/C10H12OS/c1-7-2-3-8-5-12-6-10(11)9(8)4-7/h2-4,10-11H,5-6H2,1H3. The second-order valence-corrected chi connectivity index (χ2v) is 4.26. The van der Waals surface area contributed by atoms with Crippen molar-refractivity contribution >= 4 is 11.8 Å². The zero-order valence-electron chi connectivity index (χ0n) is 7.08. The highest BCUT2D eigenvalue weighted by atomic mass is 32.2. The van der Waals surface area contributed by atoms with E-state index in [1.54, 1.807) is 11.8 Å². The summed E-state index contributed by atoms with van der Waals surface area (Å²) < 4.78 is 0. The van der Waals surface area contributed by atoms with Crippen molar-refractivity contribution < 1.29 is 5.11 Å². The first-order chi connectivity index (χ1) is 5.77. The Bertz CT molecular complexity index is 296. The zero-order valence-corrected chi connectivity index (χ0v) is 7.90. The van der Waals surface area contributed by atoms with Crippen LogP contribution in [-0.2, 0) is 5.75 Å². The van der Waals surface area contributed by atoms with Crippen LogP contribution in [0.4, 0.5) is 0 Å². The Kier molecular flexibility index (Phi) is 2.11. The summed E-state index contributed by atoms with van der Waals surface area (Å²) in [4.78, 5) is 0. The number of benzene rings is 1. The molecule has 2 heteroatoms. The second-order valence-electron chi connectivity index (χ2n) is 3.23. The summed E-state index contributed by atoms with van der Waals surface area (Å²) in [6.07, 6.45) is -0.251. The van der Waals surface area contributed by atoms with E-state index in [1.807, 2.05) is 0 Å². The molecule has 1 nitrogen and oxygen atoms in total. The molecular weight excluding hydrogens is 168 g/mol. The average Bonchev–Trinajstić information content (AvgIpc) is 2.07. The third-order valence-corrected chi connectivity index (χ3v) is 3.26. The topological polar surface area (TPSA) is 20.2 Å². The number of rotatable bonds is 0. The minimum atomic E-state index is -0.251. The number of aliphatic hydroxyl groups excluding tert-OH is 1. The number of fused-ring (bicyclic) bond motifs is 1. The van der Waals surface area contributed by atoms with Gasteiger partial charge in [0.05, 0.1) is 6.10 Å². The van der Waals surface area contributed by atoms with Crippen LogP contribution in [0.2, 0.25) is 0 Å². The van der Waals surface area contributed by atoms with Crippen molar-refractivity contribution in [1.29, 1.82) is 0 Å². The number of hydrogen-bond acceptors (Lipinski definition) is 2. The van der Waals surface area contributed by atoms with Crippen molar-refractivity contribution in [2.24, 2.45) is 0 Å². The Morgan fingerprint density at radius 1 is 1.50 bits per heavy atom. The van der Waals surface area contributed by atoms with Crippen molar-refractivity contribution in [3.05, 3.63) is 34.9 Å². The predicted octanol–water partition coefficient (Wildman–Crippen LogP) is 2.28. The van der Waals surface area contributed by atoms with Crippen molar-refractivity contribution in [3.63, 3.8) is 0 Å². The van der Waals surface area contributed by atoms with Crippen LogP contribution in [0, 0.1) is 6.92 Å². The first-order valence-corrected chi connectivity index (χ1v) is 5.28. The van der Waals surface area contributed by atoms with E-state index in [4.69, 9.17) is 0 Å². The zero-order chi connectivity index (χ0) is 8.55. The molecule has 0 bridgehead atoms. The SMILES string of the molecule is Cc1ccc2c(c1)C(O)CSC2. The summed E-state index contributed by atoms with van der Waals surface area (Å²) >= 11 is 1.80. The maximum absolute atomic E-state index is 9.66. The summed E-state index contributed by atoms with van der Waals surface area (Å²) in [5.74, 6) is 1.89. The van der Waals surface area contributed by atoms with Gasteiger partial charge in [-0.1, -0.05) is 23.8 Å². The molecule has 0 saturated heterocycles. The molecule has 1 aliphatic rings. The quantitative estimate of drug-likeness (QED) is 0.661. The van der Waals surface area contributed by atoms with E-state index in [0.29, 0.717) is 0 Å². The van der Waals surface area contributed by atoms with Crippen LogP contribution in [0.25, 0.3) is 0 Å². The first kappa shape index (κ1) is 8.14. The van der Waals surface area contributed by atoms with Gasteiger partial charge in [-0.15, -0.1) is 0 Å².